The number of imidazole rings is 2. The number of pyridine rings is 1. The quantitative estimate of drug-likeness (QED) is 0.237. The summed E-state index contributed by atoms with van der Waals surface area (Å²) in [4.78, 5) is 20.0. The van der Waals surface area contributed by atoms with Crippen molar-refractivity contribution in [2.75, 3.05) is 10.9 Å². The van der Waals surface area contributed by atoms with E-state index >= 15 is 0 Å². The van der Waals surface area contributed by atoms with E-state index in [1.54, 1.807) is 0 Å². The van der Waals surface area contributed by atoms with Crippen LogP contribution in [0, 0.1) is 0 Å². The van der Waals surface area contributed by atoms with Gasteiger partial charge in [-0.05, 0) is 50.2 Å². The molecule has 0 spiro atoms. The van der Waals surface area contributed by atoms with Crippen molar-refractivity contribution >= 4 is 45.4 Å². The lowest BCUT2D eigenvalue weighted by molar-refractivity contribution is 1.17. The molecule has 3 heterocycles. The molecule has 0 atom stereocenters. The van der Waals surface area contributed by atoms with Crippen LogP contribution in [-0.4, -0.2) is 36.3 Å². The van der Waals surface area contributed by atoms with Crippen LogP contribution >= 0.6 is 0 Å². The first-order valence-electron chi connectivity index (χ1n) is 10.1. The minimum atomic E-state index is 0.578. The van der Waals surface area contributed by atoms with E-state index in [2.05, 4.69) is 46.0 Å². The van der Waals surface area contributed by atoms with E-state index in [4.69, 9.17) is 0 Å². The molecule has 4 N–H and O–H groups in total. The Morgan fingerprint density at radius 3 is 1.56 bits per heavy atom. The first-order valence-corrected chi connectivity index (χ1v) is 10.1. The summed E-state index contributed by atoms with van der Waals surface area (Å²) in [5.41, 5.74) is 12.5. The molecule has 0 aliphatic rings. The molecule has 0 fully saturated rings. The number of aromatic nitrogens is 5. The van der Waals surface area contributed by atoms with Crippen LogP contribution in [0.1, 0.15) is 25.2 Å². The van der Waals surface area contributed by atoms with Gasteiger partial charge in [0.25, 0.3) is 0 Å². The summed E-state index contributed by atoms with van der Waals surface area (Å²) in [6.07, 6.45) is 0. The van der Waals surface area contributed by atoms with Gasteiger partial charge in [-0.25, -0.2) is 25.8 Å². The summed E-state index contributed by atoms with van der Waals surface area (Å²) >= 11 is 0. The Hall–Kier alpha value is -4.53. The van der Waals surface area contributed by atoms with Gasteiger partial charge in [0.15, 0.2) is 0 Å². The highest BCUT2D eigenvalue weighted by Crippen LogP contribution is 2.14. The van der Waals surface area contributed by atoms with Crippen LogP contribution in [0.5, 0.6) is 0 Å². The lowest BCUT2D eigenvalue weighted by Gasteiger charge is -2.05. The highest BCUT2D eigenvalue weighted by Gasteiger charge is 2.06. The lowest BCUT2D eigenvalue weighted by atomic mass is 10.2. The standard InChI is InChI=1S/C23H21N9/c1-14(29-31-22-25-18-8-3-4-9-19(18)26-22)16-12-7-13-17(24-16)15(2)30-32-23-27-20-10-5-6-11-21(20)28-23/h3-13H,1-2H3,(H2,25,26,31)(H2,27,28,32)/b29-14+,30-15+. The number of nitrogens with one attached hydrogen (secondary N) is 4. The van der Waals surface area contributed by atoms with Gasteiger partial charge in [0.2, 0.25) is 11.9 Å². The van der Waals surface area contributed by atoms with Crippen LogP contribution < -0.4 is 10.9 Å². The average molecular weight is 423 g/mol. The number of anilines is 2. The fourth-order valence-electron chi connectivity index (χ4n) is 3.24. The van der Waals surface area contributed by atoms with Gasteiger partial charge in [0.1, 0.15) is 0 Å². The zero-order chi connectivity index (χ0) is 21.9. The van der Waals surface area contributed by atoms with E-state index in [0.29, 0.717) is 11.9 Å². The number of para-hydroxylation sites is 4. The fraction of sp³-hybridized carbons (Fsp3) is 0.0870. The van der Waals surface area contributed by atoms with Gasteiger partial charge in [-0.15, -0.1) is 0 Å². The van der Waals surface area contributed by atoms with Crippen molar-refractivity contribution < 1.29 is 0 Å². The maximum Gasteiger partial charge on any atom is 0.222 e. The van der Waals surface area contributed by atoms with Gasteiger partial charge >= 0.3 is 0 Å². The van der Waals surface area contributed by atoms with Crippen molar-refractivity contribution in [2.24, 2.45) is 10.2 Å². The molecule has 0 bridgehead atoms. The topological polar surface area (TPSA) is 119 Å². The predicted octanol–water partition coefficient (Wildman–Crippen LogP) is 4.51. The summed E-state index contributed by atoms with van der Waals surface area (Å²) in [5.74, 6) is 1.16. The van der Waals surface area contributed by atoms with Gasteiger partial charge < -0.3 is 9.97 Å². The molecular weight excluding hydrogens is 402 g/mol. The van der Waals surface area contributed by atoms with Crippen molar-refractivity contribution in [3.63, 3.8) is 0 Å². The minimum Gasteiger partial charge on any atom is -0.323 e. The summed E-state index contributed by atoms with van der Waals surface area (Å²) in [5, 5.41) is 8.84. The molecule has 0 saturated heterocycles. The SMILES string of the molecule is C/C(=N\Nc1nc2ccccc2[nH]1)c1cccc(/C(C)=N/Nc2nc3ccccc3[nH]2)n1. The smallest absolute Gasteiger partial charge is 0.222 e. The third-order valence-corrected chi connectivity index (χ3v) is 4.93. The number of H-pyrrole nitrogens is 2. The maximum atomic E-state index is 4.68. The highest BCUT2D eigenvalue weighted by molar-refractivity contribution is 6.01. The van der Waals surface area contributed by atoms with Crippen LogP contribution in [0.25, 0.3) is 22.1 Å². The Labute approximate surface area is 183 Å². The third-order valence-electron chi connectivity index (χ3n) is 4.93. The number of rotatable bonds is 6. The molecule has 0 saturated carbocycles. The van der Waals surface area contributed by atoms with Gasteiger partial charge in [0, 0.05) is 0 Å². The molecule has 2 aromatic carbocycles. The monoisotopic (exact) mass is 423 g/mol. The lowest BCUT2D eigenvalue weighted by Crippen LogP contribution is -2.08. The molecule has 158 valence electrons. The Bertz CT molecular complexity index is 1290. The Morgan fingerprint density at radius 2 is 1.09 bits per heavy atom. The zero-order valence-corrected chi connectivity index (χ0v) is 17.6. The summed E-state index contributed by atoms with van der Waals surface area (Å²) in [6, 6.07) is 21.4. The minimum absolute atomic E-state index is 0.578. The highest BCUT2D eigenvalue weighted by atomic mass is 15.4. The third kappa shape index (κ3) is 4.04. The van der Waals surface area contributed by atoms with Gasteiger partial charge in [-0.1, -0.05) is 30.3 Å². The summed E-state index contributed by atoms with van der Waals surface area (Å²) in [7, 11) is 0. The van der Waals surface area contributed by atoms with Gasteiger partial charge in [0.05, 0.1) is 44.9 Å². The molecule has 0 aliphatic carbocycles. The Balaban J connectivity index is 1.31. The molecule has 5 aromatic rings. The molecule has 9 heteroatoms. The van der Waals surface area contributed by atoms with Crippen molar-refractivity contribution in [1.29, 1.82) is 0 Å². The van der Waals surface area contributed by atoms with Crippen LogP contribution in [0.15, 0.2) is 76.9 Å². The van der Waals surface area contributed by atoms with Crippen molar-refractivity contribution in [3.8, 4) is 0 Å². The van der Waals surface area contributed by atoms with E-state index in [1.807, 2.05) is 80.6 Å². The first kappa shape index (κ1) is 19.4. The normalized spacial score (nSPS) is 12.4. The number of benzene rings is 2. The number of fused-ring (bicyclic) bond motifs is 2. The van der Waals surface area contributed by atoms with E-state index < -0.39 is 0 Å². The second-order valence-corrected chi connectivity index (χ2v) is 7.23. The molecule has 0 unspecified atom stereocenters. The van der Waals surface area contributed by atoms with E-state index in [0.717, 1.165) is 44.9 Å². The van der Waals surface area contributed by atoms with E-state index in [-0.39, 0.29) is 0 Å². The molecule has 0 radical (unpaired) electrons. The maximum absolute atomic E-state index is 4.68. The van der Waals surface area contributed by atoms with Crippen molar-refractivity contribution in [2.45, 2.75) is 13.8 Å². The Kier molecular flexibility index (Phi) is 5.04. The molecule has 0 aliphatic heterocycles. The molecule has 0 amide bonds. The van der Waals surface area contributed by atoms with Crippen LogP contribution in [0.4, 0.5) is 11.9 Å². The van der Waals surface area contributed by atoms with Crippen molar-refractivity contribution in [1.82, 2.24) is 24.9 Å². The number of hydrogen-bond acceptors (Lipinski definition) is 7. The second kappa shape index (κ2) is 8.31. The average Bonchev–Trinajstić information content (AvgIpc) is 3.44. The number of hydrazone groups is 2. The Morgan fingerprint density at radius 1 is 0.625 bits per heavy atom. The van der Waals surface area contributed by atoms with Crippen LogP contribution in [0.3, 0.4) is 0 Å². The fourth-order valence-corrected chi connectivity index (χ4v) is 3.24. The summed E-state index contributed by atoms with van der Waals surface area (Å²) in [6.45, 7) is 3.78. The zero-order valence-electron chi connectivity index (χ0n) is 17.6. The first-order chi connectivity index (χ1) is 15.7. The largest absolute Gasteiger partial charge is 0.323 e. The molecular formula is C23H21N9. The van der Waals surface area contributed by atoms with Crippen molar-refractivity contribution in [3.05, 3.63) is 78.1 Å². The van der Waals surface area contributed by atoms with Gasteiger partial charge in [-0.3, -0.25) is 0 Å². The number of hydrogen-bond donors (Lipinski definition) is 4. The van der Waals surface area contributed by atoms with Gasteiger partial charge in [-0.2, -0.15) is 10.2 Å². The molecule has 3 aromatic heterocycles. The van der Waals surface area contributed by atoms with Crippen LogP contribution in [0.2, 0.25) is 0 Å². The summed E-state index contributed by atoms with van der Waals surface area (Å²) < 4.78 is 0. The van der Waals surface area contributed by atoms with E-state index in [1.165, 1.54) is 0 Å². The van der Waals surface area contributed by atoms with Crippen LogP contribution in [-0.2, 0) is 0 Å². The second-order valence-electron chi connectivity index (χ2n) is 7.23. The number of nitrogens with zero attached hydrogens (tertiary/aromatic N) is 5. The molecule has 32 heavy (non-hydrogen) atoms. The molecule has 9 nitrogen and oxygen atoms in total. The predicted molar refractivity (Wildman–Crippen MR) is 128 cm³/mol. The van der Waals surface area contributed by atoms with E-state index in [9.17, 15) is 0 Å². The molecule has 5 rings (SSSR count). The number of aromatic amines is 2.